The maximum Gasteiger partial charge on any atom is 0.320 e. The van der Waals surface area contributed by atoms with Crippen molar-refractivity contribution in [1.29, 1.82) is 0 Å². The summed E-state index contributed by atoms with van der Waals surface area (Å²) in [5, 5.41) is -0.340. The van der Waals surface area contributed by atoms with E-state index in [2.05, 4.69) is 0 Å². The van der Waals surface area contributed by atoms with Gasteiger partial charge in [-0.05, 0) is 31.6 Å². The third kappa shape index (κ3) is 0.611. The van der Waals surface area contributed by atoms with Crippen LogP contribution in [0.1, 0.15) is 25.7 Å². The fourth-order valence-electron chi connectivity index (χ4n) is 3.58. The first-order chi connectivity index (χ1) is 6.08. The molecule has 0 aromatic rings. The Morgan fingerprint density at radius 2 is 2.08 bits per heavy atom. The van der Waals surface area contributed by atoms with Gasteiger partial charge in [-0.25, -0.2) is 0 Å². The molecule has 0 N–H and O–H groups in total. The lowest BCUT2D eigenvalue weighted by atomic mass is 9.76. The SMILES string of the molecule is O=C1OC(=O)C23CCC(CC12[SiH3])C3. The molecule has 0 aromatic carbocycles. The molecule has 2 bridgehead atoms. The van der Waals surface area contributed by atoms with Crippen LogP contribution in [0, 0.1) is 11.3 Å². The lowest BCUT2D eigenvalue weighted by Gasteiger charge is -2.31. The highest BCUT2D eigenvalue weighted by Gasteiger charge is 2.72. The van der Waals surface area contributed by atoms with Gasteiger partial charge in [-0.15, -0.1) is 0 Å². The fourth-order valence-corrected chi connectivity index (χ4v) is 4.92. The van der Waals surface area contributed by atoms with Crippen LogP contribution in [0.4, 0.5) is 0 Å². The highest BCUT2D eigenvalue weighted by atomic mass is 28.1. The van der Waals surface area contributed by atoms with Crippen molar-refractivity contribution < 1.29 is 14.3 Å². The van der Waals surface area contributed by atoms with E-state index in [1.807, 2.05) is 0 Å². The van der Waals surface area contributed by atoms with Crippen LogP contribution < -0.4 is 0 Å². The summed E-state index contributed by atoms with van der Waals surface area (Å²) in [7, 11) is 0.770. The normalized spacial score (nSPS) is 52.8. The molecule has 70 valence electrons. The maximum atomic E-state index is 11.6. The highest BCUT2D eigenvalue weighted by molar-refractivity contribution is 6.33. The average Bonchev–Trinajstić information content (AvgIpc) is 2.64. The minimum absolute atomic E-state index is 0.215. The van der Waals surface area contributed by atoms with E-state index in [4.69, 9.17) is 4.74 Å². The Kier molecular flexibility index (Phi) is 1.13. The number of cyclic esters (lactones) is 2. The van der Waals surface area contributed by atoms with E-state index in [1.54, 1.807) is 0 Å². The standard InChI is InChI=1S/C9H12O3Si/c10-6-8-2-1-5(3-8)4-9(8,13)7(11)12-6/h5H,1-4H2,13H3. The fraction of sp³-hybridized carbons (Fsp3) is 0.778. The van der Waals surface area contributed by atoms with Crippen molar-refractivity contribution in [1.82, 2.24) is 0 Å². The lowest BCUT2D eigenvalue weighted by Crippen LogP contribution is -2.35. The van der Waals surface area contributed by atoms with Crippen molar-refractivity contribution in [2.45, 2.75) is 30.7 Å². The third-order valence-corrected chi connectivity index (χ3v) is 6.17. The number of esters is 2. The van der Waals surface area contributed by atoms with Gasteiger partial charge >= 0.3 is 11.9 Å². The molecule has 3 aliphatic rings. The predicted octanol–water partition coefficient (Wildman–Crippen LogP) is -0.216. The Bertz CT molecular complexity index is 325. The van der Waals surface area contributed by atoms with Crippen LogP contribution in [-0.4, -0.2) is 22.2 Å². The zero-order valence-corrected chi connectivity index (χ0v) is 9.63. The van der Waals surface area contributed by atoms with Gasteiger partial charge in [-0.3, -0.25) is 9.59 Å². The van der Waals surface area contributed by atoms with Crippen molar-refractivity contribution in [3.05, 3.63) is 0 Å². The number of hydrogen-bond donors (Lipinski definition) is 0. The molecule has 3 unspecified atom stereocenters. The Hall–Kier alpha value is -0.643. The summed E-state index contributed by atoms with van der Waals surface area (Å²) in [6, 6.07) is 0. The zero-order chi connectivity index (χ0) is 9.27. The van der Waals surface area contributed by atoms with Gasteiger partial charge in [0, 0.05) is 10.2 Å². The van der Waals surface area contributed by atoms with Crippen LogP contribution in [0.5, 0.6) is 0 Å². The number of fused-ring (bicyclic) bond motifs is 1. The lowest BCUT2D eigenvalue weighted by molar-refractivity contribution is -0.155. The van der Waals surface area contributed by atoms with E-state index in [9.17, 15) is 9.59 Å². The average molecular weight is 196 g/mol. The van der Waals surface area contributed by atoms with Gasteiger partial charge in [-0.1, -0.05) is 0 Å². The second kappa shape index (κ2) is 1.89. The summed E-state index contributed by atoms with van der Waals surface area (Å²) >= 11 is 0. The molecule has 3 atom stereocenters. The quantitative estimate of drug-likeness (QED) is 0.306. The molecule has 1 saturated heterocycles. The molecule has 13 heavy (non-hydrogen) atoms. The van der Waals surface area contributed by atoms with Crippen molar-refractivity contribution in [3.63, 3.8) is 0 Å². The first-order valence-corrected chi connectivity index (χ1v) is 5.85. The van der Waals surface area contributed by atoms with Gasteiger partial charge in [0.15, 0.2) is 0 Å². The molecule has 3 rings (SSSR count). The van der Waals surface area contributed by atoms with E-state index in [0.717, 1.165) is 35.9 Å². The first-order valence-electron chi connectivity index (χ1n) is 4.85. The molecule has 0 aromatic heterocycles. The van der Waals surface area contributed by atoms with E-state index < -0.39 is 0 Å². The highest BCUT2D eigenvalue weighted by Crippen LogP contribution is 2.70. The van der Waals surface area contributed by atoms with E-state index >= 15 is 0 Å². The largest absolute Gasteiger partial charge is 0.393 e. The summed E-state index contributed by atoms with van der Waals surface area (Å²) in [4.78, 5) is 23.2. The zero-order valence-electron chi connectivity index (χ0n) is 7.63. The molecular weight excluding hydrogens is 184 g/mol. The van der Waals surface area contributed by atoms with Gasteiger partial charge < -0.3 is 4.74 Å². The van der Waals surface area contributed by atoms with Gasteiger partial charge in [0.1, 0.15) is 0 Å². The van der Waals surface area contributed by atoms with Crippen LogP contribution in [0.25, 0.3) is 0 Å². The van der Waals surface area contributed by atoms with Crippen LogP contribution in [0.3, 0.4) is 0 Å². The Balaban J connectivity index is 2.18. The number of carbonyl (C=O) groups is 2. The van der Waals surface area contributed by atoms with Gasteiger partial charge in [0.05, 0.1) is 10.5 Å². The van der Waals surface area contributed by atoms with Gasteiger partial charge in [0.2, 0.25) is 0 Å². The second-order valence-electron chi connectivity index (χ2n) is 4.90. The first kappa shape index (κ1) is 7.73. The van der Waals surface area contributed by atoms with E-state index in [1.165, 1.54) is 0 Å². The number of carbonyl (C=O) groups excluding carboxylic acids is 2. The van der Waals surface area contributed by atoms with Crippen LogP contribution in [-0.2, 0) is 14.3 Å². The summed E-state index contributed by atoms with van der Waals surface area (Å²) < 4.78 is 4.81. The summed E-state index contributed by atoms with van der Waals surface area (Å²) in [5.74, 6) is 0.188. The molecular formula is C9H12O3Si. The van der Waals surface area contributed by atoms with Gasteiger partial charge in [0.25, 0.3) is 0 Å². The molecule has 1 spiro atoms. The van der Waals surface area contributed by atoms with Crippen LogP contribution >= 0.6 is 0 Å². The Labute approximate surface area is 79.2 Å². The number of rotatable bonds is 0. The second-order valence-corrected chi connectivity index (χ2v) is 6.61. The van der Waals surface area contributed by atoms with Crippen LogP contribution in [0.2, 0.25) is 5.04 Å². The topological polar surface area (TPSA) is 43.4 Å². The molecule has 1 heterocycles. The number of ether oxygens (including phenoxy) is 1. The summed E-state index contributed by atoms with van der Waals surface area (Å²) in [6.45, 7) is 0. The molecule has 2 saturated carbocycles. The molecule has 3 fully saturated rings. The van der Waals surface area contributed by atoms with Crippen molar-refractivity contribution >= 4 is 22.2 Å². The monoisotopic (exact) mass is 196 g/mol. The minimum atomic E-state index is -0.360. The third-order valence-electron chi connectivity index (χ3n) is 4.40. The van der Waals surface area contributed by atoms with E-state index in [0.29, 0.717) is 5.92 Å². The molecule has 4 heteroatoms. The predicted molar refractivity (Wildman–Crippen MR) is 48.1 cm³/mol. The number of hydrogen-bond acceptors (Lipinski definition) is 3. The van der Waals surface area contributed by atoms with Crippen LogP contribution in [0.15, 0.2) is 0 Å². The van der Waals surface area contributed by atoms with E-state index in [-0.39, 0.29) is 22.4 Å². The Morgan fingerprint density at radius 3 is 2.69 bits per heavy atom. The molecule has 2 aliphatic carbocycles. The Morgan fingerprint density at radius 1 is 1.31 bits per heavy atom. The molecule has 0 radical (unpaired) electrons. The smallest absolute Gasteiger partial charge is 0.320 e. The molecule has 0 amide bonds. The maximum absolute atomic E-state index is 11.6. The molecule has 1 aliphatic heterocycles. The van der Waals surface area contributed by atoms with Crippen molar-refractivity contribution in [2.75, 3.05) is 0 Å². The minimum Gasteiger partial charge on any atom is -0.393 e. The van der Waals surface area contributed by atoms with Gasteiger partial charge in [-0.2, -0.15) is 0 Å². The van der Waals surface area contributed by atoms with Crippen molar-refractivity contribution in [2.24, 2.45) is 11.3 Å². The summed E-state index contributed by atoms with van der Waals surface area (Å²) in [6.07, 6.45) is 3.85. The molecule has 3 nitrogen and oxygen atoms in total. The van der Waals surface area contributed by atoms with Crippen molar-refractivity contribution in [3.8, 4) is 0 Å². The summed E-state index contributed by atoms with van der Waals surface area (Å²) in [5.41, 5.74) is -0.360.